The summed E-state index contributed by atoms with van der Waals surface area (Å²) >= 11 is 0. The predicted molar refractivity (Wildman–Crippen MR) is 80.4 cm³/mol. The fourth-order valence-corrected chi connectivity index (χ4v) is 3.52. The van der Waals surface area contributed by atoms with Gasteiger partial charge in [0.1, 0.15) is 0 Å². The summed E-state index contributed by atoms with van der Waals surface area (Å²) in [5, 5.41) is 10.7. The molecule has 0 spiro atoms. The molecule has 0 aromatic rings. The maximum Gasteiger partial charge on any atom is 0.0684 e. The lowest BCUT2D eigenvalue weighted by atomic mass is 9.87. The lowest BCUT2D eigenvalue weighted by Crippen LogP contribution is -2.46. The molecule has 2 aliphatic rings. The van der Waals surface area contributed by atoms with Crippen LogP contribution in [-0.4, -0.2) is 59.8 Å². The van der Waals surface area contributed by atoms with Crippen LogP contribution in [0.15, 0.2) is 0 Å². The molecule has 112 valence electrons. The summed E-state index contributed by atoms with van der Waals surface area (Å²) in [6.07, 6.45) is 6.96. The summed E-state index contributed by atoms with van der Waals surface area (Å²) < 4.78 is 0. The Labute approximate surface area is 119 Å². The van der Waals surface area contributed by atoms with Crippen molar-refractivity contribution in [2.75, 3.05) is 39.3 Å². The SMILES string of the molecule is CCC1CCN(CCC2(O)CCN(CC)CC2)CC1. The van der Waals surface area contributed by atoms with Crippen LogP contribution in [0.25, 0.3) is 0 Å². The number of aliphatic hydroxyl groups is 1. The van der Waals surface area contributed by atoms with E-state index in [9.17, 15) is 5.11 Å². The zero-order valence-electron chi connectivity index (χ0n) is 12.9. The van der Waals surface area contributed by atoms with Crippen molar-refractivity contribution in [2.45, 2.75) is 58.0 Å². The molecule has 0 aromatic carbocycles. The van der Waals surface area contributed by atoms with Crippen LogP contribution in [0.4, 0.5) is 0 Å². The minimum Gasteiger partial charge on any atom is -0.390 e. The molecule has 0 radical (unpaired) electrons. The van der Waals surface area contributed by atoms with Crippen molar-refractivity contribution in [2.24, 2.45) is 5.92 Å². The number of hydrogen-bond acceptors (Lipinski definition) is 3. The van der Waals surface area contributed by atoms with Crippen molar-refractivity contribution in [3.63, 3.8) is 0 Å². The largest absolute Gasteiger partial charge is 0.390 e. The molecule has 0 bridgehead atoms. The molecule has 0 saturated carbocycles. The van der Waals surface area contributed by atoms with Crippen LogP contribution in [-0.2, 0) is 0 Å². The first kappa shape index (κ1) is 15.3. The maximum absolute atomic E-state index is 10.7. The lowest BCUT2D eigenvalue weighted by molar-refractivity contribution is -0.0340. The van der Waals surface area contributed by atoms with Crippen LogP contribution < -0.4 is 0 Å². The molecule has 0 atom stereocenters. The molecule has 3 heteroatoms. The second-order valence-corrected chi connectivity index (χ2v) is 6.60. The molecule has 3 nitrogen and oxygen atoms in total. The summed E-state index contributed by atoms with van der Waals surface area (Å²) in [6.45, 7) is 11.4. The Morgan fingerprint density at radius 1 is 1.00 bits per heavy atom. The summed E-state index contributed by atoms with van der Waals surface area (Å²) in [5.41, 5.74) is -0.382. The highest BCUT2D eigenvalue weighted by molar-refractivity contribution is 4.87. The molecule has 0 aliphatic carbocycles. The number of rotatable bonds is 5. The Kier molecular flexibility index (Phi) is 5.67. The molecule has 2 aliphatic heterocycles. The zero-order chi connectivity index (χ0) is 13.7. The van der Waals surface area contributed by atoms with Crippen LogP contribution in [0.1, 0.15) is 52.4 Å². The summed E-state index contributed by atoms with van der Waals surface area (Å²) in [5.74, 6) is 0.951. The predicted octanol–water partition coefficient (Wildman–Crippen LogP) is 2.35. The van der Waals surface area contributed by atoms with Gasteiger partial charge >= 0.3 is 0 Å². The summed E-state index contributed by atoms with van der Waals surface area (Å²) in [6, 6.07) is 0. The third kappa shape index (κ3) is 4.44. The smallest absolute Gasteiger partial charge is 0.0684 e. The Morgan fingerprint density at radius 2 is 1.63 bits per heavy atom. The second kappa shape index (κ2) is 7.05. The summed E-state index contributed by atoms with van der Waals surface area (Å²) in [7, 11) is 0. The summed E-state index contributed by atoms with van der Waals surface area (Å²) in [4.78, 5) is 5.01. The van der Waals surface area contributed by atoms with Crippen molar-refractivity contribution in [3.8, 4) is 0 Å². The van der Waals surface area contributed by atoms with Crippen molar-refractivity contribution in [1.29, 1.82) is 0 Å². The van der Waals surface area contributed by atoms with E-state index in [4.69, 9.17) is 0 Å². The van der Waals surface area contributed by atoms with Gasteiger partial charge in [-0.2, -0.15) is 0 Å². The fraction of sp³-hybridized carbons (Fsp3) is 1.00. The quantitative estimate of drug-likeness (QED) is 0.829. The van der Waals surface area contributed by atoms with E-state index in [0.717, 1.165) is 51.4 Å². The van der Waals surface area contributed by atoms with Crippen LogP contribution in [0, 0.1) is 5.92 Å². The molecule has 0 amide bonds. The van der Waals surface area contributed by atoms with Gasteiger partial charge in [-0.3, -0.25) is 0 Å². The monoisotopic (exact) mass is 268 g/mol. The molecule has 2 saturated heterocycles. The van der Waals surface area contributed by atoms with Gasteiger partial charge in [0.05, 0.1) is 5.60 Å². The topological polar surface area (TPSA) is 26.7 Å². The number of piperidine rings is 2. The molecule has 1 N–H and O–H groups in total. The molecule has 0 unspecified atom stereocenters. The van der Waals surface area contributed by atoms with Crippen LogP contribution in [0.2, 0.25) is 0 Å². The van der Waals surface area contributed by atoms with Gasteiger partial charge in [0.15, 0.2) is 0 Å². The van der Waals surface area contributed by atoms with E-state index in [1.165, 1.54) is 32.4 Å². The minimum atomic E-state index is -0.382. The van der Waals surface area contributed by atoms with Gasteiger partial charge in [-0.1, -0.05) is 20.3 Å². The van der Waals surface area contributed by atoms with Crippen molar-refractivity contribution >= 4 is 0 Å². The van der Waals surface area contributed by atoms with Gasteiger partial charge in [-0.05, 0) is 57.7 Å². The van der Waals surface area contributed by atoms with Gasteiger partial charge in [0.25, 0.3) is 0 Å². The van der Waals surface area contributed by atoms with E-state index >= 15 is 0 Å². The van der Waals surface area contributed by atoms with Crippen molar-refractivity contribution < 1.29 is 5.11 Å². The standard InChI is InChI=1S/C16H32N2O/c1-3-15-5-10-18(11-6-15)14-9-16(19)7-12-17(4-2)13-8-16/h15,19H,3-14H2,1-2H3. The number of hydrogen-bond donors (Lipinski definition) is 1. The molecule has 2 rings (SSSR count). The van der Waals surface area contributed by atoms with Crippen LogP contribution in [0.3, 0.4) is 0 Å². The van der Waals surface area contributed by atoms with E-state index < -0.39 is 0 Å². The van der Waals surface area contributed by atoms with E-state index in [0.29, 0.717) is 0 Å². The maximum atomic E-state index is 10.7. The molecule has 19 heavy (non-hydrogen) atoms. The normalized spacial score (nSPS) is 26.7. The Balaban J connectivity index is 1.68. The second-order valence-electron chi connectivity index (χ2n) is 6.60. The first-order chi connectivity index (χ1) is 9.15. The van der Waals surface area contributed by atoms with Crippen molar-refractivity contribution in [1.82, 2.24) is 9.80 Å². The van der Waals surface area contributed by atoms with Gasteiger partial charge in [0, 0.05) is 19.6 Å². The van der Waals surface area contributed by atoms with Crippen LogP contribution in [0.5, 0.6) is 0 Å². The molecule has 0 aromatic heterocycles. The average molecular weight is 268 g/mol. The lowest BCUT2D eigenvalue weighted by Gasteiger charge is -2.40. The zero-order valence-corrected chi connectivity index (χ0v) is 12.9. The Morgan fingerprint density at radius 3 is 2.16 bits per heavy atom. The third-order valence-electron chi connectivity index (χ3n) is 5.41. The van der Waals surface area contributed by atoms with Gasteiger partial charge in [-0.15, -0.1) is 0 Å². The molecular weight excluding hydrogens is 236 g/mol. The van der Waals surface area contributed by atoms with Gasteiger partial charge < -0.3 is 14.9 Å². The Hall–Kier alpha value is -0.120. The van der Waals surface area contributed by atoms with Gasteiger partial charge in [-0.25, -0.2) is 0 Å². The van der Waals surface area contributed by atoms with E-state index in [-0.39, 0.29) is 5.60 Å². The third-order valence-corrected chi connectivity index (χ3v) is 5.41. The minimum absolute atomic E-state index is 0.382. The number of likely N-dealkylation sites (tertiary alicyclic amines) is 2. The molecular formula is C16H32N2O. The molecule has 2 fully saturated rings. The Bertz CT molecular complexity index is 253. The molecule has 2 heterocycles. The van der Waals surface area contributed by atoms with E-state index in [1.54, 1.807) is 0 Å². The fourth-order valence-electron chi connectivity index (χ4n) is 3.52. The highest BCUT2D eigenvalue weighted by atomic mass is 16.3. The highest BCUT2D eigenvalue weighted by Gasteiger charge is 2.32. The highest BCUT2D eigenvalue weighted by Crippen LogP contribution is 2.27. The van der Waals surface area contributed by atoms with E-state index in [2.05, 4.69) is 23.6 Å². The van der Waals surface area contributed by atoms with Crippen LogP contribution >= 0.6 is 0 Å². The van der Waals surface area contributed by atoms with Gasteiger partial charge in [0.2, 0.25) is 0 Å². The average Bonchev–Trinajstić information content (AvgIpc) is 2.47. The van der Waals surface area contributed by atoms with E-state index in [1.807, 2.05) is 0 Å². The first-order valence-electron chi connectivity index (χ1n) is 8.32. The van der Waals surface area contributed by atoms with Crippen molar-refractivity contribution in [3.05, 3.63) is 0 Å². The first-order valence-corrected chi connectivity index (χ1v) is 8.32. The number of nitrogens with zero attached hydrogens (tertiary/aromatic N) is 2.